The summed E-state index contributed by atoms with van der Waals surface area (Å²) >= 11 is 6.19. The summed E-state index contributed by atoms with van der Waals surface area (Å²) in [4.78, 5) is 42.2. The SMILES string of the molecule is O=C(Cc1cnc2[nH]ncc2c1)c1ccc(CNC2=C(Cl)C(=O)c3ccccc3C2=O)cc1. The number of allylic oxidation sites excluding steroid dienone is 2. The smallest absolute Gasteiger partial charge is 0.211 e. The fraction of sp³-hybridized carbons (Fsp3) is 0.0800. The summed E-state index contributed by atoms with van der Waals surface area (Å²) in [5.41, 5.74) is 3.62. The van der Waals surface area contributed by atoms with E-state index in [-0.39, 0.29) is 41.0 Å². The van der Waals surface area contributed by atoms with Crippen molar-refractivity contribution in [2.45, 2.75) is 13.0 Å². The van der Waals surface area contributed by atoms with Crippen LogP contribution in [0.4, 0.5) is 0 Å². The van der Waals surface area contributed by atoms with E-state index in [0.29, 0.717) is 22.3 Å². The molecule has 0 fully saturated rings. The van der Waals surface area contributed by atoms with Gasteiger partial charge in [-0.2, -0.15) is 5.10 Å². The van der Waals surface area contributed by atoms with Crippen LogP contribution in [0.2, 0.25) is 0 Å². The van der Waals surface area contributed by atoms with Gasteiger partial charge in [0.15, 0.2) is 11.4 Å². The normalized spacial score (nSPS) is 13.4. The Morgan fingerprint density at radius 1 is 0.939 bits per heavy atom. The van der Waals surface area contributed by atoms with E-state index in [1.54, 1.807) is 60.9 Å². The molecule has 0 spiro atoms. The van der Waals surface area contributed by atoms with Crippen LogP contribution in [0, 0.1) is 0 Å². The third kappa shape index (κ3) is 3.94. The zero-order valence-corrected chi connectivity index (χ0v) is 18.0. The van der Waals surface area contributed by atoms with Crippen LogP contribution in [-0.4, -0.2) is 32.5 Å². The van der Waals surface area contributed by atoms with Gasteiger partial charge >= 0.3 is 0 Å². The van der Waals surface area contributed by atoms with Crippen molar-refractivity contribution < 1.29 is 14.4 Å². The summed E-state index contributed by atoms with van der Waals surface area (Å²) in [5.74, 6) is -0.724. The standard InChI is InChI=1S/C25H17ClN4O3/c26-21-22(24(33)19-4-2-1-3-18(19)23(21)32)27-11-14-5-7-16(8-6-14)20(31)10-15-9-17-13-29-30-25(17)28-12-15/h1-9,12-13,27H,10-11H2,(H,28,29,30). The number of rotatable bonds is 6. The van der Waals surface area contributed by atoms with Crippen LogP contribution in [0.1, 0.15) is 42.2 Å². The molecule has 0 aliphatic heterocycles. The Labute approximate surface area is 193 Å². The number of hydrogen-bond acceptors (Lipinski definition) is 6. The van der Waals surface area contributed by atoms with Crippen LogP contribution >= 0.6 is 11.6 Å². The highest BCUT2D eigenvalue weighted by Crippen LogP contribution is 2.27. The van der Waals surface area contributed by atoms with Crippen molar-refractivity contribution in [2.24, 2.45) is 0 Å². The number of fused-ring (bicyclic) bond motifs is 2. The topological polar surface area (TPSA) is 105 Å². The second-order valence-electron chi connectivity index (χ2n) is 7.69. The Hall–Kier alpha value is -4.10. The monoisotopic (exact) mass is 456 g/mol. The van der Waals surface area contributed by atoms with Gasteiger partial charge in [0.25, 0.3) is 0 Å². The van der Waals surface area contributed by atoms with Gasteiger partial charge in [0.1, 0.15) is 10.7 Å². The molecule has 0 saturated carbocycles. The zero-order valence-electron chi connectivity index (χ0n) is 17.3. The third-order valence-electron chi connectivity index (χ3n) is 5.52. The van der Waals surface area contributed by atoms with E-state index in [1.165, 1.54) is 0 Å². The molecular formula is C25H17ClN4O3. The number of halogens is 1. The van der Waals surface area contributed by atoms with Gasteiger partial charge in [-0.25, -0.2) is 4.98 Å². The van der Waals surface area contributed by atoms with Crippen LogP contribution in [0.15, 0.2) is 77.7 Å². The Balaban J connectivity index is 1.26. The lowest BCUT2D eigenvalue weighted by molar-refractivity contribution is 0.0974. The minimum Gasteiger partial charge on any atom is -0.376 e. The molecule has 1 aliphatic carbocycles. The maximum atomic E-state index is 12.8. The fourth-order valence-corrected chi connectivity index (χ4v) is 4.02. The Morgan fingerprint density at radius 3 is 2.42 bits per heavy atom. The first-order chi connectivity index (χ1) is 16.0. The van der Waals surface area contributed by atoms with E-state index in [9.17, 15) is 14.4 Å². The van der Waals surface area contributed by atoms with E-state index in [1.807, 2.05) is 6.07 Å². The number of aromatic amines is 1. The third-order valence-corrected chi connectivity index (χ3v) is 5.88. The van der Waals surface area contributed by atoms with Crippen molar-refractivity contribution in [1.29, 1.82) is 0 Å². The molecule has 8 heteroatoms. The van der Waals surface area contributed by atoms with Gasteiger partial charge in [0.2, 0.25) is 11.6 Å². The summed E-state index contributed by atoms with van der Waals surface area (Å²) in [6.45, 7) is 0.280. The zero-order chi connectivity index (χ0) is 22.9. The van der Waals surface area contributed by atoms with Crippen molar-refractivity contribution in [2.75, 3.05) is 0 Å². The van der Waals surface area contributed by atoms with Gasteiger partial charge in [-0.3, -0.25) is 19.5 Å². The Morgan fingerprint density at radius 2 is 1.67 bits per heavy atom. The Kier molecular flexibility index (Phi) is 5.32. The molecule has 2 N–H and O–H groups in total. The van der Waals surface area contributed by atoms with Gasteiger partial charge in [0.05, 0.1) is 6.20 Å². The molecule has 2 aromatic carbocycles. The average molecular weight is 457 g/mol. The van der Waals surface area contributed by atoms with Crippen molar-refractivity contribution in [3.8, 4) is 0 Å². The molecule has 0 amide bonds. The molecule has 4 aromatic rings. The van der Waals surface area contributed by atoms with Gasteiger partial charge in [-0.1, -0.05) is 60.1 Å². The van der Waals surface area contributed by atoms with Crippen LogP contribution in [0.25, 0.3) is 11.0 Å². The lowest BCUT2D eigenvalue weighted by Crippen LogP contribution is -2.28. The molecule has 2 aromatic heterocycles. The first-order valence-corrected chi connectivity index (χ1v) is 10.6. The molecule has 0 unspecified atom stereocenters. The second-order valence-corrected chi connectivity index (χ2v) is 8.07. The average Bonchev–Trinajstić information content (AvgIpc) is 3.31. The maximum absolute atomic E-state index is 12.8. The van der Waals surface area contributed by atoms with Crippen LogP contribution < -0.4 is 5.32 Å². The number of hydrogen-bond donors (Lipinski definition) is 2. The molecule has 0 saturated heterocycles. The van der Waals surface area contributed by atoms with Crippen molar-refractivity contribution in [3.63, 3.8) is 0 Å². The maximum Gasteiger partial charge on any atom is 0.211 e. The van der Waals surface area contributed by atoms with Crippen LogP contribution in [0.5, 0.6) is 0 Å². The van der Waals surface area contributed by atoms with Gasteiger partial charge in [-0.15, -0.1) is 0 Å². The highest BCUT2D eigenvalue weighted by Gasteiger charge is 2.30. The first-order valence-electron chi connectivity index (χ1n) is 10.2. The molecule has 0 radical (unpaired) electrons. The van der Waals surface area contributed by atoms with Crippen molar-refractivity contribution >= 4 is 40.0 Å². The molecule has 2 heterocycles. The number of carbonyl (C=O) groups is 3. The highest BCUT2D eigenvalue weighted by atomic mass is 35.5. The van der Waals surface area contributed by atoms with E-state index in [4.69, 9.17) is 11.6 Å². The van der Waals surface area contributed by atoms with Crippen LogP contribution in [0.3, 0.4) is 0 Å². The number of benzene rings is 2. The largest absolute Gasteiger partial charge is 0.376 e. The molecule has 0 atom stereocenters. The lowest BCUT2D eigenvalue weighted by atomic mass is 9.92. The molecule has 33 heavy (non-hydrogen) atoms. The summed E-state index contributed by atoms with van der Waals surface area (Å²) < 4.78 is 0. The molecule has 7 nitrogen and oxygen atoms in total. The van der Waals surface area contributed by atoms with E-state index in [0.717, 1.165) is 16.5 Å². The molecule has 1 aliphatic rings. The van der Waals surface area contributed by atoms with E-state index in [2.05, 4.69) is 20.5 Å². The van der Waals surface area contributed by atoms with Crippen LogP contribution in [-0.2, 0) is 13.0 Å². The molecular weight excluding hydrogens is 440 g/mol. The number of aromatic nitrogens is 3. The summed E-state index contributed by atoms with van der Waals surface area (Å²) in [6, 6.07) is 15.6. The molecule has 0 bridgehead atoms. The summed E-state index contributed by atoms with van der Waals surface area (Å²) in [5, 5.41) is 10.4. The Bertz CT molecular complexity index is 1450. The number of carbonyl (C=O) groups excluding carboxylic acids is 3. The predicted molar refractivity (Wildman–Crippen MR) is 123 cm³/mol. The molecule has 162 valence electrons. The number of ketones is 3. The first kappa shape index (κ1) is 20.8. The number of nitrogens with one attached hydrogen (secondary N) is 2. The highest BCUT2D eigenvalue weighted by molar-refractivity contribution is 6.49. The minimum atomic E-state index is -0.376. The van der Waals surface area contributed by atoms with Gasteiger partial charge in [-0.05, 0) is 17.2 Å². The number of Topliss-reactive ketones (excluding diaryl/α,β-unsaturated/α-hetero) is 3. The number of H-pyrrole nitrogens is 1. The summed E-state index contributed by atoms with van der Waals surface area (Å²) in [7, 11) is 0. The van der Waals surface area contributed by atoms with Gasteiger partial charge in [0, 0.05) is 41.2 Å². The van der Waals surface area contributed by atoms with E-state index < -0.39 is 0 Å². The molecule has 5 rings (SSSR count). The van der Waals surface area contributed by atoms with E-state index >= 15 is 0 Å². The summed E-state index contributed by atoms with van der Waals surface area (Å²) in [6.07, 6.45) is 3.56. The fourth-order valence-electron chi connectivity index (χ4n) is 3.77. The number of pyridine rings is 1. The second kappa shape index (κ2) is 8.44. The van der Waals surface area contributed by atoms with Crippen molar-refractivity contribution in [3.05, 3.63) is 106 Å². The van der Waals surface area contributed by atoms with Gasteiger partial charge < -0.3 is 5.32 Å². The predicted octanol–water partition coefficient (Wildman–Crippen LogP) is 4.00. The van der Waals surface area contributed by atoms with Crippen molar-refractivity contribution in [1.82, 2.24) is 20.5 Å². The lowest BCUT2D eigenvalue weighted by Gasteiger charge is -2.19. The minimum absolute atomic E-state index is 0.0328. The number of nitrogens with zero attached hydrogens (tertiary/aromatic N) is 2. The quantitative estimate of drug-likeness (QED) is 0.425.